The first-order valence-corrected chi connectivity index (χ1v) is 6.95. The average Bonchev–Trinajstić information content (AvgIpc) is 2.38. The van der Waals surface area contributed by atoms with Crippen LogP contribution in [-0.2, 0) is 4.79 Å². The lowest BCUT2D eigenvalue weighted by Crippen LogP contribution is -2.54. The summed E-state index contributed by atoms with van der Waals surface area (Å²) < 4.78 is 0. The molecule has 0 spiro atoms. The van der Waals surface area contributed by atoms with E-state index in [1.54, 1.807) is 0 Å². The van der Waals surface area contributed by atoms with Gasteiger partial charge in [0.05, 0.1) is 0 Å². The molecule has 1 amide bonds. The lowest BCUT2D eigenvalue weighted by molar-refractivity contribution is -0.141. The molecule has 0 radical (unpaired) electrons. The average molecular weight is 239 g/mol. The Hall–Kier alpha value is -0.610. The largest absolute Gasteiger partial charge is 0.338 e. The lowest BCUT2D eigenvalue weighted by atomic mass is 9.88. The van der Waals surface area contributed by atoms with Crippen molar-refractivity contribution < 1.29 is 4.79 Å². The summed E-state index contributed by atoms with van der Waals surface area (Å²) in [7, 11) is 0. The Morgan fingerprint density at radius 2 is 2.06 bits per heavy atom. The molecule has 2 atom stereocenters. The van der Waals surface area contributed by atoms with Gasteiger partial charge < -0.3 is 16.0 Å². The van der Waals surface area contributed by atoms with Crippen LogP contribution in [0.15, 0.2) is 0 Å². The Bertz CT molecular complexity index is 263. The molecule has 17 heavy (non-hydrogen) atoms. The van der Waals surface area contributed by atoms with Gasteiger partial charge in [-0.1, -0.05) is 6.92 Å². The summed E-state index contributed by atoms with van der Waals surface area (Å²) in [4.78, 5) is 14.6. The maximum atomic E-state index is 12.5. The summed E-state index contributed by atoms with van der Waals surface area (Å²) in [6.45, 7) is 5.70. The van der Waals surface area contributed by atoms with Crippen molar-refractivity contribution in [3.8, 4) is 0 Å². The molecule has 2 saturated heterocycles. The molecule has 0 bridgehead atoms. The van der Waals surface area contributed by atoms with Gasteiger partial charge in [-0.2, -0.15) is 0 Å². The Morgan fingerprint density at radius 3 is 2.71 bits per heavy atom. The molecule has 2 fully saturated rings. The van der Waals surface area contributed by atoms with Crippen molar-refractivity contribution in [3.63, 3.8) is 0 Å². The van der Waals surface area contributed by atoms with Gasteiger partial charge in [-0.3, -0.25) is 4.79 Å². The molecule has 0 unspecified atom stereocenters. The van der Waals surface area contributed by atoms with E-state index in [0.29, 0.717) is 18.4 Å². The molecule has 0 saturated carbocycles. The highest BCUT2D eigenvalue weighted by Crippen LogP contribution is 2.26. The normalized spacial score (nSPS) is 31.5. The van der Waals surface area contributed by atoms with Crippen molar-refractivity contribution in [2.75, 3.05) is 26.2 Å². The third kappa shape index (κ3) is 2.80. The molecule has 4 heteroatoms. The molecular weight excluding hydrogens is 214 g/mol. The molecule has 0 aromatic rings. The number of piperidine rings is 2. The predicted molar refractivity (Wildman–Crippen MR) is 68.5 cm³/mol. The number of amides is 1. The zero-order chi connectivity index (χ0) is 12.3. The molecule has 2 aliphatic rings. The van der Waals surface area contributed by atoms with Crippen LogP contribution in [0, 0.1) is 11.8 Å². The second-order valence-corrected chi connectivity index (χ2v) is 5.48. The minimum Gasteiger partial charge on any atom is -0.338 e. The van der Waals surface area contributed by atoms with Gasteiger partial charge >= 0.3 is 0 Å². The predicted octanol–water partition coefficient (Wildman–Crippen LogP) is 0.572. The summed E-state index contributed by atoms with van der Waals surface area (Å²) in [6.07, 6.45) is 4.31. The number of carbonyl (C=O) groups excluding carboxylic acids is 1. The molecule has 98 valence electrons. The van der Waals surface area contributed by atoms with Gasteiger partial charge in [0.2, 0.25) is 5.91 Å². The van der Waals surface area contributed by atoms with Crippen molar-refractivity contribution in [2.45, 2.75) is 38.6 Å². The Balaban J connectivity index is 2.00. The minimum absolute atomic E-state index is 0.232. The van der Waals surface area contributed by atoms with Crippen LogP contribution in [0.25, 0.3) is 0 Å². The molecule has 0 aromatic carbocycles. The second kappa shape index (κ2) is 5.83. The highest BCUT2D eigenvalue weighted by atomic mass is 16.2. The molecule has 2 rings (SSSR count). The van der Waals surface area contributed by atoms with Crippen LogP contribution in [0.4, 0.5) is 0 Å². The first kappa shape index (κ1) is 12.8. The van der Waals surface area contributed by atoms with E-state index in [9.17, 15) is 4.79 Å². The Morgan fingerprint density at radius 1 is 1.35 bits per heavy atom. The Kier molecular flexibility index (Phi) is 4.40. The van der Waals surface area contributed by atoms with E-state index in [1.165, 1.54) is 6.42 Å². The minimum atomic E-state index is 0.232. The Labute approximate surface area is 104 Å². The van der Waals surface area contributed by atoms with E-state index in [1.807, 2.05) is 0 Å². The molecule has 2 heterocycles. The maximum Gasteiger partial charge on any atom is 0.226 e. The van der Waals surface area contributed by atoms with Crippen LogP contribution in [0.3, 0.4) is 0 Å². The number of rotatable bonds is 2. The number of nitrogens with zero attached hydrogens (tertiary/aromatic N) is 1. The standard InChI is InChI=1S/C13H25N3O/c1-10-3-2-8-16(12(10)9-14)13(17)11-4-6-15-7-5-11/h10-12,15H,2-9,14H2,1H3/t10-,12+/m0/s1. The highest BCUT2D eigenvalue weighted by molar-refractivity contribution is 5.79. The molecule has 3 N–H and O–H groups in total. The number of nitrogens with one attached hydrogen (secondary N) is 1. The van der Waals surface area contributed by atoms with Crippen molar-refractivity contribution >= 4 is 5.91 Å². The molecular formula is C13H25N3O. The quantitative estimate of drug-likeness (QED) is 0.741. The van der Waals surface area contributed by atoms with E-state index in [0.717, 1.165) is 38.9 Å². The van der Waals surface area contributed by atoms with Gasteiger partial charge in [-0.05, 0) is 44.7 Å². The van der Waals surface area contributed by atoms with Gasteiger partial charge in [0.15, 0.2) is 0 Å². The summed E-state index contributed by atoms with van der Waals surface area (Å²) in [5, 5.41) is 3.31. The summed E-state index contributed by atoms with van der Waals surface area (Å²) in [5.74, 6) is 1.14. The summed E-state index contributed by atoms with van der Waals surface area (Å²) in [6, 6.07) is 0.270. The van der Waals surface area contributed by atoms with Crippen molar-refractivity contribution in [1.82, 2.24) is 10.2 Å². The van der Waals surface area contributed by atoms with Crippen LogP contribution in [0.1, 0.15) is 32.6 Å². The third-order valence-electron chi connectivity index (χ3n) is 4.33. The molecule has 2 aliphatic heterocycles. The van der Waals surface area contributed by atoms with Crippen LogP contribution >= 0.6 is 0 Å². The SMILES string of the molecule is C[C@H]1CCCN(C(=O)C2CCNCC2)[C@@H]1CN. The fourth-order valence-corrected chi connectivity index (χ4v) is 3.19. The summed E-state index contributed by atoms with van der Waals surface area (Å²) in [5.41, 5.74) is 5.85. The highest BCUT2D eigenvalue weighted by Gasteiger charge is 2.34. The van der Waals surface area contributed by atoms with Gasteiger partial charge in [-0.25, -0.2) is 0 Å². The van der Waals surface area contributed by atoms with Crippen LogP contribution in [0.2, 0.25) is 0 Å². The van der Waals surface area contributed by atoms with Gasteiger partial charge in [0.1, 0.15) is 0 Å². The second-order valence-electron chi connectivity index (χ2n) is 5.48. The monoisotopic (exact) mass is 239 g/mol. The van der Waals surface area contributed by atoms with Crippen LogP contribution in [-0.4, -0.2) is 43.0 Å². The van der Waals surface area contributed by atoms with E-state index >= 15 is 0 Å². The number of hydrogen-bond donors (Lipinski definition) is 2. The van der Waals surface area contributed by atoms with Crippen molar-refractivity contribution in [2.24, 2.45) is 17.6 Å². The van der Waals surface area contributed by atoms with E-state index < -0.39 is 0 Å². The van der Waals surface area contributed by atoms with Crippen LogP contribution in [0.5, 0.6) is 0 Å². The van der Waals surface area contributed by atoms with Gasteiger partial charge in [0, 0.05) is 25.0 Å². The van der Waals surface area contributed by atoms with E-state index in [2.05, 4.69) is 17.1 Å². The van der Waals surface area contributed by atoms with Crippen molar-refractivity contribution in [1.29, 1.82) is 0 Å². The number of nitrogens with two attached hydrogens (primary N) is 1. The van der Waals surface area contributed by atoms with E-state index in [-0.39, 0.29) is 12.0 Å². The fraction of sp³-hybridized carbons (Fsp3) is 0.923. The molecule has 4 nitrogen and oxygen atoms in total. The fourth-order valence-electron chi connectivity index (χ4n) is 3.19. The van der Waals surface area contributed by atoms with Gasteiger partial charge in [0.25, 0.3) is 0 Å². The zero-order valence-electron chi connectivity index (χ0n) is 10.8. The van der Waals surface area contributed by atoms with Gasteiger partial charge in [-0.15, -0.1) is 0 Å². The number of carbonyl (C=O) groups is 1. The van der Waals surface area contributed by atoms with Crippen molar-refractivity contribution in [3.05, 3.63) is 0 Å². The first-order chi connectivity index (χ1) is 8.24. The smallest absolute Gasteiger partial charge is 0.226 e. The maximum absolute atomic E-state index is 12.5. The topological polar surface area (TPSA) is 58.4 Å². The molecule has 0 aromatic heterocycles. The lowest BCUT2D eigenvalue weighted by Gasteiger charge is -2.41. The molecule has 0 aliphatic carbocycles. The zero-order valence-corrected chi connectivity index (χ0v) is 10.8. The van der Waals surface area contributed by atoms with E-state index in [4.69, 9.17) is 5.73 Å². The summed E-state index contributed by atoms with van der Waals surface area (Å²) >= 11 is 0. The number of hydrogen-bond acceptors (Lipinski definition) is 3. The number of likely N-dealkylation sites (tertiary alicyclic amines) is 1. The first-order valence-electron chi connectivity index (χ1n) is 6.95. The third-order valence-corrected chi connectivity index (χ3v) is 4.33. The van der Waals surface area contributed by atoms with Crippen LogP contribution < -0.4 is 11.1 Å².